The van der Waals surface area contributed by atoms with Crippen molar-refractivity contribution in [3.8, 4) is 11.1 Å². The Morgan fingerprint density at radius 1 is 0.850 bits per heavy atom. The molecule has 1 N–H and O–H groups in total. The number of benzene rings is 2. The van der Waals surface area contributed by atoms with Gasteiger partial charge in [-0.3, -0.25) is 0 Å². The zero-order valence-corrected chi connectivity index (χ0v) is 12.2. The van der Waals surface area contributed by atoms with Crippen LogP contribution in [0.2, 0.25) is 0 Å². The Kier molecular flexibility index (Phi) is 3.72. The first kappa shape index (κ1) is 13.2. The van der Waals surface area contributed by atoms with Gasteiger partial charge in [0.1, 0.15) is 6.10 Å². The van der Waals surface area contributed by atoms with Gasteiger partial charge in [0.25, 0.3) is 0 Å². The normalized spacial score (nSPS) is 12.3. The molecule has 3 aromatic rings. The summed E-state index contributed by atoms with van der Waals surface area (Å²) in [5.74, 6) is 0.525. The molecule has 2 nitrogen and oxygen atoms in total. The van der Waals surface area contributed by atoms with E-state index in [0.717, 1.165) is 21.2 Å². The Hall–Kier alpha value is -1.84. The SMILES string of the molecule is OC(c1ccc(-c2ccccc2)cc1)c1occc1Br. The molecular formula is C17H13BrO2. The van der Waals surface area contributed by atoms with E-state index in [1.807, 2.05) is 42.5 Å². The Balaban J connectivity index is 1.89. The lowest BCUT2D eigenvalue weighted by molar-refractivity contribution is 0.188. The second-order valence-corrected chi connectivity index (χ2v) is 5.38. The highest BCUT2D eigenvalue weighted by Crippen LogP contribution is 2.30. The lowest BCUT2D eigenvalue weighted by Crippen LogP contribution is -1.98. The van der Waals surface area contributed by atoms with Gasteiger partial charge < -0.3 is 9.52 Å². The molecule has 2 aromatic carbocycles. The van der Waals surface area contributed by atoms with Gasteiger partial charge in [-0.2, -0.15) is 0 Å². The van der Waals surface area contributed by atoms with Crippen molar-refractivity contribution in [2.75, 3.05) is 0 Å². The van der Waals surface area contributed by atoms with E-state index in [1.54, 1.807) is 12.3 Å². The van der Waals surface area contributed by atoms with E-state index in [0.29, 0.717) is 5.76 Å². The van der Waals surface area contributed by atoms with Crippen LogP contribution in [-0.4, -0.2) is 5.11 Å². The van der Waals surface area contributed by atoms with E-state index < -0.39 is 6.10 Å². The summed E-state index contributed by atoms with van der Waals surface area (Å²) in [6.07, 6.45) is 0.797. The van der Waals surface area contributed by atoms with Gasteiger partial charge in [-0.05, 0) is 38.7 Å². The van der Waals surface area contributed by atoms with Gasteiger partial charge in [-0.1, -0.05) is 54.6 Å². The molecule has 0 radical (unpaired) electrons. The molecule has 1 heterocycles. The van der Waals surface area contributed by atoms with Crippen LogP contribution in [0.15, 0.2) is 75.8 Å². The minimum atomic E-state index is -0.760. The molecule has 0 aliphatic heterocycles. The molecule has 0 aliphatic rings. The Bertz CT molecular complexity index is 687. The van der Waals surface area contributed by atoms with Crippen LogP contribution in [0, 0.1) is 0 Å². The van der Waals surface area contributed by atoms with Crippen LogP contribution in [0.5, 0.6) is 0 Å². The zero-order valence-electron chi connectivity index (χ0n) is 10.7. The van der Waals surface area contributed by atoms with E-state index in [4.69, 9.17) is 4.42 Å². The van der Waals surface area contributed by atoms with Gasteiger partial charge in [-0.25, -0.2) is 0 Å². The Labute approximate surface area is 125 Å². The third kappa shape index (κ3) is 2.55. The van der Waals surface area contributed by atoms with Gasteiger partial charge >= 0.3 is 0 Å². The summed E-state index contributed by atoms with van der Waals surface area (Å²) in [4.78, 5) is 0. The molecule has 0 fully saturated rings. The molecular weight excluding hydrogens is 316 g/mol. The van der Waals surface area contributed by atoms with Crippen LogP contribution < -0.4 is 0 Å². The maximum absolute atomic E-state index is 10.3. The first-order valence-corrected chi connectivity index (χ1v) is 7.11. The third-order valence-corrected chi connectivity index (χ3v) is 3.88. The van der Waals surface area contributed by atoms with Crippen LogP contribution in [0.3, 0.4) is 0 Å². The number of aliphatic hydroxyl groups excluding tert-OH is 1. The summed E-state index contributed by atoms with van der Waals surface area (Å²) in [6.45, 7) is 0. The predicted octanol–water partition coefficient (Wildman–Crippen LogP) is 4.79. The summed E-state index contributed by atoms with van der Waals surface area (Å²) in [6, 6.07) is 19.8. The van der Waals surface area contributed by atoms with E-state index in [1.165, 1.54) is 0 Å². The van der Waals surface area contributed by atoms with Crippen molar-refractivity contribution in [2.24, 2.45) is 0 Å². The molecule has 3 rings (SSSR count). The second-order valence-electron chi connectivity index (χ2n) is 4.52. The minimum Gasteiger partial charge on any atom is -0.465 e. The largest absolute Gasteiger partial charge is 0.465 e. The first-order chi connectivity index (χ1) is 9.75. The van der Waals surface area contributed by atoms with Gasteiger partial charge in [0.15, 0.2) is 5.76 Å². The van der Waals surface area contributed by atoms with Crippen molar-refractivity contribution in [1.82, 2.24) is 0 Å². The molecule has 100 valence electrons. The smallest absolute Gasteiger partial charge is 0.150 e. The highest BCUT2D eigenvalue weighted by molar-refractivity contribution is 9.10. The van der Waals surface area contributed by atoms with Crippen molar-refractivity contribution >= 4 is 15.9 Å². The first-order valence-electron chi connectivity index (χ1n) is 6.32. The highest BCUT2D eigenvalue weighted by atomic mass is 79.9. The average molecular weight is 329 g/mol. The monoisotopic (exact) mass is 328 g/mol. The van der Waals surface area contributed by atoms with E-state index >= 15 is 0 Å². The highest BCUT2D eigenvalue weighted by Gasteiger charge is 2.16. The Morgan fingerprint density at radius 2 is 1.50 bits per heavy atom. The molecule has 0 amide bonds. The van der Waals surface area contributed by atoms with Crippen LogP contribution in [0.25, 0.3) is 11.1 Å². The van der Waals surface area contributed by atoms with Crippen molar-refractivity contribution in [1.29, 1.82) is 0 Å². The van der Waals surface area contributed by atoms with Crippen LogP contribution in [0.4, 0.5) is 0 Å². The summed E-state index contributed by atoms with van der Waals surface area (Å²) < 4.78 is 6.07. The fourth-order valence-corrected chi connectivity index (χ4v) is 2.56. The molecule has 1 atom stereocenters. The van der Waals surface area contributed by atoms with Crippen LogP contribution in [-0.2, 0) is 0 Å². The molecule has 1 unspecified atom stereocenters. The number of hydrogen-bond acceptors (Lipinski definition) is 2. The summed E-state index contributed by atoms with van der Waals surface area (Å²) in [5.41, 5.74) is 3.09. The summed E-state index contributed by atoms with van der Waals surface area (Å²) in [7, 11) is 0. The standard InChI is InChI=1S/C17H13BrO2/c18-15-10-11-20-17(15)16(19)14-8-6-13(7-9-14)12-4-2-1-3-5-12/h1-11,16,19H. The number of aliphatic hydroxyl groups is 1. The Morgan fingerprint density at radius 3 is 2.10 bits per heavy atom. The van der Waals surface area contributed by atoms with Gasteiger partial charge in [0, 0.05) is 0 Å². The maximum atomic E-state index is 10.3. The number of furan rings is 1. The van der Waals surface area contributed by atoms with Gasteiger partial charge in [0.05, 0.1) is 10.7 Å². The predicted molar refractivity (Wildman–Crippen MR) is 82.3 cm³/mol. The lowest BCUT2D eigenvalue weighted by atomic mass is 10.0. The van der Waals surface area contributed by atoms with Crippen LogP contribution >= 0.6 is 15.9 Å². The van der Waals surface area contributed by atoms with Crippen LogP contribution in [0.1, 0.15) is 17.4 Å². The maximum Gasteiger partial charge on any atom is 0.150 e. The molecule has 0 aliphatic carbocycles. The molecule has 1 aromatic heterocycles. The summed E-state index contributed by atoms with van der Waals surface area (Å²) in [5, 5.41) is 10.3. The second kappa shape index (κ2) is 5.65. The van der Waals surface area contributed by atoms with Gasteiger partial charge in [0.2, 0.25) is 0 Å². The number of rotatable bonds is 3. The lowest BCUT2D eigenvalue weighted by Gasteiger charge is -2.10. The van der Waals surface area contributed by atoms with Crippen molar-refractivity contribution in [3.63, 3.8) is 0 Å². The molecule has 20 heavy (non-hydrogen) atoms. The van der Waals surface area contributed by atoms with Crippen molar-refractivity contribution < 1.29 is 9.52 Å². The molecule has 0 saturated heterocycles. The topological polar surface area (TPSA) is 33.4 Å². The zero-order chi connectivity index (χ0) is 13.9. The number of hydrogen-bond donors (Lipinski definition) is 1. The molecule has 3 heteroatoms. The van der Waals surface area contributed by atoms with Crippen molar-refractivity contribution in [2.45, 2.75) is 6.10 Å². The van der Waals surface area contributed by atoms with E-state index in [-0.39, 0.29) is 0 Å². The third-order valence-electron chi connectivity index (χ3n) is 3.23. The fraction of sp³-hybridized carbons (Fsp3) is 0.0588. The van der Waals surface area contributed by atoms with E-state index in [2.05, 4.69) is 28.1 Å². The molecule has 0 spiro atoms. The quantitative estimate of drug-likeness (QED) is 0.749. The number of halogens is 1. The van der Waals surface area contributed by atoms with Crippen molar-refractivity contribution in [3.05, 3.63) is 82.7 Å². The summed E-state index contributed by atoms with van der Waals surface area (Å²) >= 11 is 3.36. The fourth-order valence-electron chi connectivity index (χ4n) is 2.14. The molecule has 0 bridgehead atoms. The minimum absolute atomic E-state index is 0.525. The average Bonchev–Trinajstić information content (AvgIpc) is 2.94. The van der Waals surface area contributed by atoms with E-state index in [9.17, 15) is 5.11 Å². The van der Waals surface area contributed by atoms with Gasteiger partial charge in [-0.15, -0.1) is 0 Å². The molecule has 0 saturated carbocycles.